The molecule has 0 fully saturated rings. The maximum Gasteiger partial charge on any atom is 0.434 e. The van der Waals surface area contributed by atoms with Crippen molar-refractivity contribution in [2.45, 2.75) is 32.5 Å². The number of thiazole rings is 1. The Bertz CT molecular complexity index is 681. The number of hydrogen-bond donors (Lipinski definition) is 2. The molecule has 0 aliphatic rings. The van der Waals surface area contributed by atoms with Gasteiger partial charge >= 0.3 is 6.18 Å². The van der Waals surface area contributed by atoms with E-state index in [-0.39, 0.29) is 6.54 Å². The van der Waals surface area contributed by atoms with Crippen LogP contribution in [-0.4, -0.2) is 34.7 Å². The van der Waals surface area contributed by atoms with Gasteiger partial charge in [0.15, 0.2) is 17.5 Å². The van der Waals surface area contributed by atoms with Crippen molar-refractivity contribution >= 4 is 17.3 Å². The number of aliphatic imine (C=N–C) groups is 1. The van der Waals surface area contributed by atoms with Gasteiger partial charge in [0.05, 0.1) is 6.54 Å². The molecule has 132 valence electrons. The van der Waals surface area contributed by atoms with Crippen LogP contribution in [-0.2, 0) is 19.1 Å². The molecule has 7 nitrogen and oxygen atoms in total. The predicted octanol–water partition coefficient (Wildman–Crippen LogP) is 2.15. The number of nitrogens with one attached hydrogen (secondary N) is 2. The second-order valence-electron chi connectivity index (χ2n) is 4.82. The Morgan fingerprint density at radius 1 is 1.33 bits per heavy atom. The third-order valence-electron chi connectivity index (χ3n) is 2.90. The van der Waals surface area contributed by atoms with E-state index in [0.29, 0.717) is 35.6 Å². The summed E-state index contributed by atoms with van der Waals surface area (Å²) in [6, 6.07) is 0. The van der Waals surface area contributed by atoms with Gasteiger partial charge in [0.2, 0.25) is 5.89 Å². The van der Waals surface area contributed by atoms with E-state index in [1.54, 1.807) is 14.0 Å². The van der Waals surface area contributed by atoms with Gasteiger partial charge in [-0.15, -0.1) is 11.3 Å². The number of aromatic nitrogens is 3. The van der Waals surface area contributed by atoms with Crippen LogP contribution in [0, 0.1) is 6.92 Å². The first-order chi connectivity index (χ1) is 11.4. The standard InChI is InChI=1S/C13H17F3N6OS/c1-8-20-10(23-22-8)4-3-5-18-12(17-2)19-6-11-21-9(7-24-11)13(14,15)16/h7H,3-6H2,1-2H3,(H2,17,18,19). The van der Waals surface area contributed by atoms with Crippen LogP contribution < -0.4 is 10.6 Å². The van der Waals surface area contributed by atoms with Crippen molar-refractivity contribution in [1.82, 2.24) is 25.8 Å². The normalized spacial score (nSPS) is 12.5. The summed E-state index contributed by atoms with van der Waals surface area (Å²) in [5, 5.41) is 11.0. The quantitative estimate of drug-likeness (QED) is 0.465. The molecule has 2 aromatic rings. The Morgan fingerprint density at radius 2 is 2.12 bits per heavy atom. The van der Waals surface area contributed by atoms with Gasteiger partial charge in [-0.25, -0.2) is 4.98 Å². The topological polar surface area (TPSA) is 88.2 Å². The number of rotatable bonds is 6. The lowest BCUT2D eigenvalue weighted by atomic mass is 10.3. The van der Waals surface area contributed by atoms with Crippen LogP contribution in [0.4, 0.5) is 13.2 Å². The second kappa shape index (κ2) is 8.08. The van der Waals surface area contributed by atoms with Gasteiger partial charge in [-0.05, 0) is 13.3 Å². The molecule has 24 heavy (non-hydrogen) atoms. The van der Waals surface area contributed by atoms with Crippen LogP contribution in [0.5, 0.6) is 0 Å². The van der Waals surface area contributed by atoms with Crippen molar-refractivity contribution in [3.63, 3.8) is 0 Å². The van der Waals surface area contributed by atoms with E-state index in [0.717, 1.165) is 23.1 Å². The zero-order chi connectivity index (χ0) is 17.6. The summed E-state index contributed by atoms with van der Waals surface area (Å²) < 4.78 is 42.5. The van der Waals surface area contributed by atoms with Crippen molar-refractivity contribution in [2.75, 3.05) is 13.6 Å². The van der Waals surface area contributed by atoms with E-state index in [2.05, 4.69) is 30.8 Å². The smallest absolute Gasteiger partial charge is 0.356 e. The zero-order valence-corrected chi connectivity index (χ0v) is 14.0. The van der Waals surface area contributed by atoms with E-state index in [1.165, 1.54) is 0 Å². The molecule has 0 aromatic carbocycles. The maximum absolute atomic E-state index is 12.5. The van der Waals surface area contributed by atoms with Crippen LogP contribution in [0.2, 0.25) is 0 Å². The number of hydrogen-bond acceptors (Lipinski definition) is 6. The first-order valence-electron chi connectivity index (χ1n) is 7.14. The molecule has 0 radical (unpaired) electrons. The van der Waals surface area contributed by atoms with Gasteiger partial charge in [0.25, 0.3) is 0 Å². The van der Waals surface area contributed by atoms with Crippen molar-refractivity contribution in [3.8, 4) is 0 Å². The molecule has 0 bridgehead atoms. The molecule has 0 unspecified atom stereocenters. The molecule has 11 heteroatoms. The molecule has 2 rings (SSSR count). The molecular formula is C13H17F3N6OS. The lowest BCUT2D eigenvalue weighted by Crippen LogP contribution is -2.37. The number of aryl methyl sites for hydroxylation is 2. The minimum Gasteiger partial charge on any atom is -0.356 e. The van der Waals surface area contributed by atoms with Gasteiger partial charge in [0.1, 0.15) is 5.01 Å². The average molecular weight is 362 g/mol. The number of nitrogens with zero attached hydrogens (tertiary/aromatic N) is 4. The molecule has 2 heterocycles. The summed E-state index contributed by atoms with van der Waals surface area (Å²) in [6.45, 7) is 2.52. The van der Waals surface area contributed by atoms with E-state index >= 15 is 0 Å². The number of halogens is 3. The van der Waals surface area contributed by atoms with E-state index in [4.69, 9.17) is 4.52 Å². The summed E-state index contributed by atoms with van der Waals surface area (Å²) in [5.74, 6) is 1.65. The maximum atomic E-state index is 12.5. The van der Waals surface area contributed by atoms with Gasteiger partial charge in [-0.2, -0.15) is 18.2 Å². The monoisotopic (exact) mass is 362 g/mol. The van der Waals surface area contributed by atoms with Crippen LogP contribution in [0.25, 0.3) is 0 Å². The third kappa shape index (κ3) is 5.48. The Hall–Kier alpha value is -2.17. The Kier molecular flexibility index (Phi) is 6.12. The minimum atomic E-state index is -4.41. The lowest BCUT2D eigenvalue weighted by molar-refractivity contribution is -0.140. The molecule has 0 amide bonds. The zero-order valence-electron chi connectivity index (χ0n) is 13.1. The van der Waals surface area contributed by atoms with Crippen molar-refractivity contribution in [2.24, 2.45) is 4.99 Å². The van der Waals surface area contributed by atoms with Crippen LogP contribution in [0.3, 0.4) is 0 Å². The molecule has 0 aliphatic carbocycles. The Labute approximate surface area is 140 Å². The fourth-order valence-corrected chi connectivity index (χ4v) is 2.53. The summed E-state index contributed by atoms with van der Waals surface area (Å²) in [5.41, 5.74) is -0.873. The van der Waals surface area contributed by atoms with Gasteiger partial charge in [0, 0.05) is 25.4 Å². The average Bonchev–Trinajstić information content (AvgIpc) is 3.15. The first-order valence-corrected chi connectivity index (χ1v) is 8.01. The minimum absolute atomic E-state index is 0.170. The van der Waals surface area contributed by atoms with Crippen molar-refractivity contribution in [3.05, 3.63) is 27.8 Å². The molecule has 0 atom stereocenters. The second-order valence-corrected chi connectivity index (χ2v) is 5.76. The summed E-state index contributed by atoms with van der Waals surface area (Å²) in [4.78, 5) is 11.6. The van der Waals surface area contributed by atoms with Crippen molar-refractivity contribution in [1.29, 1.82) is 0 Å². The van der Waals surface area contributed by atoms with E-state index in [1.807, 2.05) is 0 Å². The number of alkyl halides is 3. The predicted molar refractivity (Wildman–Crippen MR) is 82.7 cm³/mol. The van der Waals surface area contributed by atoms with Crippen molar-refractivity contribution < 1.29 is 17.7 Å². The highest BCUT2D eigenvalue weighted by Crippen LogP contribution is 2.29. The molecule has 0 saturated carbocycles. The van der Waals surface area contributed by atoms with Crippen LogP contribution >= 0.6 is 11.3 Å². The number of guanidine groups is 1. The first kappa shape index (κ1) is 18.2. The fourth-order valence-electron chi connectivity index (χ4n) is 1.79. The summed E-state index contributed by atoms with van der Waals surface area (Å²) >= 11 is 0.953. The van der Waals surface area contributed by atoms with Crippen LogP contribution in [0.15, 0.2) is 14.9 Å². The highest BCUT2D eigenvalue weighted by atomic mass is 32.1. The fraction of sp³-hybridized carbons (Fsp3) is 0.538. The highest BCUT2D eigenvalue weighted by molar-refractivity contribution is 7.09. The molecule has 0 spiro atoms. The molecule has 2 aromatic heterocycles. The molecule has 0 aliphatic heterocycles. The summed E-state index contributed by atoms with van der Waals surface area (Å²) in [6.07, 6.45) is -3.04. The van der Waals surface area contributed by atoms with E-state index in [9.17, 15) is 13.2 Å². The molecule has 0 saturated heterocycles. The Balaban J connectivity index is 1.71. The largest absolute Gasteiger partial charge is 0.434 e. The molecule has 2 N–H and O–H groups in total. The Morgan fingerprint density at radius 3 is 2.71 bits per heavy atom. The van der Waals surface area contributed by atoms with E-state index < -0.39 is 11.9 Å². The highest BCUT2D eigenvalue weighted by Gasteiger charge is 2.33. The van der Waals surface area contributed by atoms with Gasteiger partial charge in [-0.3, -0.25) is 4.99 Å². The van der Waals surface area contributed by atoms with Crippen LogP contribution in [0.1, 0.15) is 28.8 Å². The third-order valence-corrected chi connectivity index (χ3v) is 3.75. The van der Waals surface area contributed by atoms with Gasteiger partial charge < -0.3 is 15.2 Å². The SMILES string of the molecule is CN=C(NCCCc1nc(C)no1)NCc1nc(C(F)(F)F)cs1. The lowest BCUT2D eigenvalue weighted by Gasteiger charge is -2.10. The molecular weight excluding hydrogens is 345 g/mol. The summed E-state index contributed by atoms with van der Waals surface area (Å²) in [7, 11) is 1.58. The van der Waals surface area contributed by atoms with Gasteiger partial charge in [-0.1, -0.05) is 5.16 Å².